The fourth-order valence-corrected chi connectivity index (χ4v) is 2.87. The molecule has 0 fully saturated rings. The predicted molar refractivity (Wildman–Crippen MR) is 106 cm³/mol. The van der Waals surface area contributed by atoms with Gasteiger partial charge in [-0.3, -0.25) is 19.4 Å². The number of pyridine rings is 2. The largest absolute Gasteiger partial charge is 0.322 e. The van der Waals surface area contributed by atoms with E-state index in [0.717, 1.165) is 33.2 Å². The first-order chi connectivity index (χ1) is 13.2. The van der Waals surface area contributed by atoms with Gasteiger partial charge in [0.1, 0.15) is 0 Å². The number of benzene rings is 1. The second-order valence-corrected chi connectivity index (χ2v) is 6.13. The highest BCUT2D eigenvalue weighted by Crippen LogP contribution is 2.23. The molecule has 0 aliphatic carbocycles. The number of anilines is 1. The van der Waals surface area contributed by atoms with Crippen LogP contribution >= 0.6 is 0 Å². The van der Waals surface area contributed by atoms with Crippen LogP contribution < -0.4 is 5.32 Å². The zero-order chi connectivity index (χ0) is 18.6. The third-order valence-electron chi connectivity index (χ3n) is 4.19. The van der Waals surface area contributed by atoms with E-state index in [-0.39, 0.29) is 5.91 Å². The van der Waals surface area contributed by atoms with Crippen molar-refractivity contribution in [2.45, 2.75) is 0 Å². The summed E-state index contributed by atoms with van der Waals surface area (Å²) in [6.07, 6.45) is 14.0. The van der Waals surface area contributed by atoms with Gasteiger partial charge in [0.2, 0.25) is 5.91 Å². The minimum atomic E-state index is -0.209. The second kappa shape index (κ2) is 7.21. The van der Waals surface area contributed by atoms with E-state index in [9.17, 15) is 4.79 Å². The molecule has 0 unspecified atom stereocenters. The van der Waals surface area contributed by atoms with Crippen molar-refractivity contribution in [2.75, 3.05) is 5.32 Å². The molecule has 4 rings (SSSR count). The van der Waals surface area contributed by atoms with Gasteiger partial charge >= 0.3 is 0 Å². The molecule has 1 N–H and O–H groups in total. The summed E-state index contributed by atoms with van der Waals surface area (Å²) >= 11 is 0. The van der Waals surface area contributed by atoms with Crippen LogP contribution in [0.4, 0.5) is 5.69 Å². The number of nitrogens with zero attached hydrogens (tertiary/aromatic N) is 4. The van der Waals surface area contributed by atoms with Crippen LogP contribution in [0.15, 0.2) is 73.6 Å². The molecule has 0 atom stereocenters. The van der Waals surface area contributed by atoms with E-state index in [2.05, 4.69) is 20.4 Å². The fourth-order valence-electron chi connectivity index (χ4n) is 2.87. The zero-order valence-corrected chi connectivity index (χ0v) is 14.7. The molecule has 0 saturated carbocycles. The van der Waals surface area contributed by atoms with Gasteiger partial charge in [-0.1, -0.05) is 6.07 Å². The molecule has 0 spiro atoms. The van der Waals surface area contributed by atoms with Crippen molar-refractivity contribution < 1.29 is 4.79 Å². The van der Waals surface area contributed by atoms with Crippen molar-refractivity contribution in [3.05, 3.63) is 79.2 Å². The van der Waals surface area contributed by atoms with Crippen molar-refractivity contribution in [1.29, 1.82) is 0 Å². The van der Waals surface area contributed by atoms with Crippen LogP contribution in [0.5, 0.6) is 0 Å². The van der Waals surface area contributed by atoms with E-state index in [1.54, 1.807) is 41.7 Å². The topological polar surface area (TPSA) is 72.7 Å². The van der Waals surface area contributed by atoms with Gasteiger partial charge in [0, 0.05) is 66.3 Å². The molecule has 6 heteroatoms. The van der Waals surface area contributed by atoms with Gasteiger partial charge in [0.15, 0.2) is 0 Å². The summed E-state index contributed by atoms with van der Waals surface area (Å²) in [5, 5.41) is 9.13. The van der Waals surface area contributed by atoms with E-state index >= 15 is 0 Å². The number of hydrogen-bond acceptors (Lipinski definition) is 4. The smallest absolute Gasteiger partial charge is 0.248 e. The average molecular weight is 355 g/mol. The molecule has 1 aromatic carbocycles. The average Bonchev–Trinajstić information content (AvgIpc) is 3.13. The van der Waals surface area contributed by atoms with E-state index in [0.29, 0.717) is 0 Å². The van der Waals surface area contributed by atoms with Gasteiger partial charge in [-0.25, -0.2) is 0 Å². The lowest BCUT2D eigenvalue weighted by Crippen LogP contribution is -2.07. The highest BCUT2D eigenvalue weighted by molar-refractivity contribution is 6.03. The SMILES string of the molecule is Cn1cc(-c2ccncc2C=CC(=O)Nc2ccc3ccncc3c2)cn1. The van der Waals surface area contributed by atoms with Gasteiger partial charge < -0.3 is 5.32 Å². The van der Waals surface area contributed by atoms with Crippen molar-refractivity contribution in [1.82, 2.24) is 19.7 Å². The normalized spacial score (nSPS) is 11.1. The first kappa shape index (κ1) is 16.7. The molecule has 0 aliphatic heterocycles. The number of nitrogens with one attached hydrogen (secondary N) is 1. The van der Waals surface area contributed by atoms with Crippen LogP contribution in [-0.4, -0.2) is 25.7 Å². The Morgan fingerprint density at radius 1 is 1.04 bits per heavy atom. The molecule has 4 aromatic rings. The summed E-state index contributed by atoms with van der Waals surface area (Å²) in [4.78, 5) is 20.6. The van der Waals surface area contributed by atoms with E-state index in [1.165, 1.54) is 6.08 Å². The summed E-state index contributed by atoms with van der Waals surface area (Å²) in [6.45, 7) is 0. The molecular formula is C21H17N5O. The van der Waals surface area contributed by atoms with Crippen LogP contribution in [0.1, 0.15) is 5.56 Å². The first-order valence-electron chi connectivity index (χ1n) is 8.45. The molecule has 0 saturated heterocycles. The third-order valence-corrected chi connectivity index (χ3v) is 4.19. The van der Waals surface area contributed by atoms with Gasteiger partial charge in [0.05, 0.1) is 6.20 Å². The predicted octanol–water partition coefficient (Wildman–Crippen LogP) is 3.68. The summed E-state index contributed by atoms with van der Waals surface area (Å²) in [7, 11) is 1.87. The molecule has 0 aliphatic rings. The third kappa shape index (κ3) is 3.74. The quantitative estimate of drug-likeness (QED) is 0.567. The Morgan fingerprint density at radius 2 is 1.89 bits per heavy atom. The Hall–Kier alpha value is -3.80. The Morgan fingerprint density at radius 3 is 2.74 bits per heavy atom. The monoisotopic (exact) mass is 355 g/mol. The lowest BCUT2D eigenvalue weighted by molar-refractivity contribution is -0.111. The van der Waals surface area contributed by atoms with Crippen LogP contribution in [0.3, 0.4) is 0 Å². The summed E-state index contributed by atoms with van der Waals surface area (Å²) in [5.41, 5.74) is 3.52. The zero-order valence-electron chi connectivity index (χ0n) is 14.7. The fraction of sp³-hybridized carbons (Fsp3) is 0.0476. The number of aryl methyl sites for hydroxylation is 1. The molecule has 1 amide bonds. The van der Waals surface area contributed by atoms with Crippen molar-refractivity contribution in [3.63, 3.8) is 0 Å². The molecule has 27 heavy (non-hydrogen) atoms. The molecule has 132 valence electrons. The second-order valence-electron chi connectivity index (χ2n) is 6.13. The molecule has 6 nitrogen and oxygen atoms in total. The van der Waals surface area contributed by atoms with Gasteiger partial charge in [-0.15, -0.1) is 0 Å². The van der Waals surface area contributed by atoms with Crippen molar-refractivity contribution in [2.24, 2.45) is 7.05 Å². The summed E-state index contributed by atoms with van der Waals surface area (Å²) in [6, 6.07) is 9.57. The number of carbonyl (C=O) groups excluding carboxylic acids is 1. The van der Waals surface area contributed by atoms with Crippen LogP contribution in [0, 0.1) is 0 Å². The minimum Gasteiger partial charge on any atom is -0.322 e. The Labute approximate surface area is 156 Å². The molecule has 3 aromatic heterocycles. The Balaban J connectivity index is 1.53. The van der Waals surface area contributed by atoms with Crippen LogP contribution in [-0.2, 0) is 11.8 Å². The van der Waals surface area contributed by atoms with Crippen molar-refractivity contribution >= 4 is 28.4 Å². The first-order valence-corrected chi connectivity index (χ1v) is 8.45. The number of rotatable bonds is 4. The van der Waals surface area contributed by atoms with E-state index in [4.69, 9.17) is 0 Å². The maximum atomic E-state index is 12.3. The van der Waals surface area contributed by atoms with E-state index < -0.39 is 0 Å². The van der Waals surface area contributed by atoms with Crippen molar-refractivity contribution in [3.8, 4) is 11.1 Å². The molecule has 0 radical (unpaired) electrons. The van der Waals surface area contributed by atoms with Gasteiger partial charge in [-0.2, -0.15) is 5.10 Å². The highest BCUT2D eigenvalue weighted by atomic mass is 16.1. The number of fused-ring (bicyclic) bond motifs is 1. The van der Waals surface area contributed by atoms with Crippen LogP contribution in [0.25, 0.3) is 28.0 Å². The minimum absolute atomic E-state index is 0.209. The summed E-state index contributed by atoms with van der Waals surface area (Å²) in [5.74, 6) is -0.209. The maximum absolute atomic E-state index is 12.3. The maximum Gasteiger partial charge on any atom is 0.248 e. The van der Waals surface area contributed by atoms with E-state index in [1.807, 2.05) is 43.6 Å². The molecular weight excluding hydrogens is 338 g/mol. The molecule has 0 bridgehead atoms. The highest BCUT2D eigenvalue weighted by Gasteiger charge is 2.06. The lowest BCUT2D eigenvalue weighted by Gasteiger charge is -2.05. The number of aromatic nitrogens is 4. The standard InChI is InChI=1S/C21H17N5O/c1-26-14-18(13-24-26)20-7-9-23-11-16(20)3-5-21(27)25-19-4-2-15-6-8-22-12-17(15)10-19/h2-14H,1H3,(H,25,27). The van der Waals surface area contributed by atoms with Crippen LogP contribution in [0.2, 0.25) is 0 Å². The number of amides is 1. The van der Waals surface area contributed by atoms with Gasteiger partial charge in [0.25, 0.3) is 0 Å². The van der Waals surface area contributed by atoms with Gasteiger partial charge in [-0.05, 0) is 41.3 Å². The lowest BCUT2D eigenvalue weighted by atomic mass is 10.0. The Kier molecular flexibility index (Phi) is 4.45. The number of carbonyl (C=O) groups is 1. The molecule has 3 heterocycles. The Bertz CT molecular complexity index is 1150. The summed E-state index contributed by atoms with van der Waals surface area (Å²) < 4.78 is 1.74. The number of hydrogen-bond donors (Lipinski definition) is 1.